The lowest BCUT2D eigenvalue weighted by atomic mass is 10.1. The Hall–Kier alpha value is -1.48. The van der Waals surface area contributed by atoms with E-state index in [9.17, 15) is 5.11 Å². The molecule has 3 nitrogen and oxygen atoms in total. The van der Waals surface area contributed by atoms with Gasteiger partial charge in [-0.1, -0.05) is 18.6 Å². The number of aromatic hydroxyl groups is 1. The van der Waals surface area contributed by atoms with Gasteiger partial charge in [0, 0.05) is 25.2 Å². The van der Waals surface area contributed by atoms with Gasteiger partial charge in [-0.3, -0.25) is 4.90 Å². The zero-order valence-electron chi connectivity index (χ0n) is 10.9. The molecule has 1 fully saturated rings. The molecule has 1 N–H and O–H groups in total. The van der Waals surface area contributed by atoms with Crippen LogP contribution in [0.5, 0.6) is 5.75 Å². The van der Waals surface area contributed by atoms with E-state index >= 15 is 0 Å². The third-order valence-corrected chi connectivity index (χ3v) is 3.91. The summed E-state index contributed by atoms with van der Waals surface area (Å²) in [5.74, 6) is 0.375. The number of likely N-dealkylation sites (tertiary alicyclic amines) is 1. The number of phenols is 1. The van der Waals surface area contributed by atoms with Gasteiger partial charge in [0.1, 0.15) is 5.75 Å². The first kappa shape index (κ1) is 11.6. The smallest absolute Gasteiger partial charge is 0.139 e. The van der Waals surface area contributed by atoms with Crippen molar-refractivity contribution < 1.29 is 5.11 Å². The fourth-order valence-corrected chi connectivity index (χ4v) is 3.01. The molecular formula is C15H20N2O. The summed E-state index contributed by atoms with van der Waals surface area (Å²) in [6.45, 7) is 3.41. The van der Waals surface area contributed by atoms with Crippen molar-refractivity contribution >= 4 is 10.9 Å². The molecule has 1 aromatic carbocycles. The third kappa shape index (κ3) is 1.99. The van der Waals surface area contributed by atoms with Crippen LogP contribution in [0.25, 0.3) is 10.9 Å². The summed E-state index contributed by atoms with van der Waals surface area (Å²) in [7, 11) is 2.00. The van der Waals surface area contributed by atoms with Gasteiger partial charge in [0.2, 0.25) is 0 Å². The SMILES string of the molecule is Cn1cc(CN2CCCCC2)c2cccc(O)c21. The molecule has 1 aromatic heterocycles. The summed E-state index contributed by atoms with van der Waals surface area (Å²) in [5, 5.41) is 11.1. The number of fused-ring (bicyclic) bond motifs is 1. The Balaban J connectivity index is 1.94. The predicted molar refractivity (Wildman–Crippen MR) is 73.7 cm³/mol. The monoisotopic (exact) mass is 244 g/mol. The molecular weight excluding hydrogens is 224 g/mol. The van der Waals surface area contributed by atoms with E-state index < -0.39 is 0 Å². The molecule has 1 aliphatic heterocycles. The Morgan fingerprint density at radius 2 is 1.94 bits per heavy atom. The van der Waals surface area contributed by atoms with E-state index in [4.69, 9.17) is 0 Å². The number of benzene rings is 1. The molecule has 0 aliphatic carbocycles. The summed E-state index contributed by atoms with van der Waals surface area (Å²) in [5.41, 5.74) is 2.27. The van der Waals surface area contributed by atoms with Crippen molar-refractivity contribution in [3.63, 3.8) is 0 Å². The van der Waals surface area contributed by atoms with Crippen LogP contribution in [-0.2, 0) is 13.6 Å². The quantitative estimate of drug-likeness (QED) is 0.880. The first-order valence-corrected chi connectivity index (χ1v) is 6.74. The number of para-hydroxylation sites is 1. The van der Waals surface area contributed by atoms with Gasteiger partial charge in [-0.25, -0.2) is 0 Å². The van der Waals surface area contributed by atoms with E-state index in [1.54, 1.807) is 6.07 Å². The zero-order chi connectivity index (χ0) is 12.5. The second-order valence-electron chi connectivity index (χ2n) is 5.28. The summed E-state index contributed by atoms with van der Waals surface area (Å²) in [6.07, 6.45) is 6.15. The minimum absolute atomic E-state index is 0.375. The fraction of sp³-hybridized carbons (Fsp3) is 0.467. The molecule has 1 saturated heterocycles. The number of phenolic OH excluding ortho intramolecular Hbond substituents is 1. The molecule has 0 atom stereocenters. The van der Waals surface area contributed by atoms with E-state index in [-0.39, 0.29) is 0 Å². The second kappa shape index (κ2) is 4.65. The summed E-state index contributed by atoms with van der Waals surface area (Å²) in [4.78, 5) is 2.52. The summed E-state index contributed by atoms with van der Waals surface area (Å²) in [6, 6.07) is 5.79. The number of hydrogen-bond acceptors (Lipinski definition) is 2. The van der Waals surface area contributed by atoms with Crippen molar-refractivity contribution in [1.29, 1.82) is 0 Å². The van der Waals surface area contributed by atoms with E-state index in [2.05, 4.69) is 17.2 Å². The Bertz CT molecular complexity index is 553. The van der Waals surface area contributed by atoms with Crippen LogP contribution in [0.15, 0.2) is 24.4 Å². The van der Waals surface area contributed by atoms with Crippen LogP contribution in [0, 0.1) is 0 Å². The van der Waals surface area contributed by atoms with Gasteiger partial charge in [-0.2, -0.15) is 0 Å². The van der Waals surface area contributed by atoms with Crippen LogP contribution in [-0.4, -0.2) is 27.7 Å². The van der Waals surface area contributed by atoms with Gasteiger partial charge >= 0.3 is 0 Å². The first-order chi connectivity index (χ1) is 8.75. The third-order valence-electron chi connectivity index (χ3n) is 3.91. The maximum atomic E-state index is 9.94. The van der Waals surface area contributed by atoms with E-state index in [0.29, 0.717) is 5.75 Å². The highest BCUT2D eigenvalue weighted by atomic mass is 16.3. The van der Waals surface area contributed by atoms with Crippen LogP contribution in [0.1, 0.15) is 24.8 Å². The largest absolute Gasteiger partial charge is 0.506 e. The number of hydrogen-bond donors (Lipinski definition) is 1. The molecule has 0 spiro atoms. The van der Waals surface area contributed by atoms with Gasteiger partial charge in [-0.15, -0.1) is 0 Å². The minimum Gasteiger partial charge on any atom is -0.506 e. The maximum absolute atomic E-state index is 9.94. The molecule has 0 unspecified atom stereocenters. The second-order valence-corrected chi connectivity index (χ2v) is 5.28. The Labute approximate surface area is 108 Å². The van der Waals surface area contributed by atoms with Crippen molar-refractivity contribution in [3.8, 4) is 5.75 Å². The number of aromatic nitrogens is 1. The average Bonchev–Trinajstić information content (AvgIpc) is 2.69. The van der Waals surface area contributed by atoms with Gasteiger partial charge < -0.3 is 9.67 Å². The topological polar surface area (TPSA) is 28.4 Å². The zero-order valence-corrected chi connectivity index (χ0v) is 10.9. The fourth-order valence-electron chi connectivity index (χ4n) is 3.01. The lowest BCUT2D eigenvalue weighted by Crippen LogP contribution is -2.28. The van der Waals surface area contributed by atoms with Crippen LogP contribution >= 0.6 is 0 Å². The number of rotatable bonds is 2. The average molecular weight is 244 g/mol. The molecule has 0 radical (unpaired) electrons. The Morgan fingerprint density at radius 1 is 1.17 bits per heavy atom. The van der Waals surface area contributed by atoms with Gasteiger partial charge in [0.05, 0.1) is 5.52 Å². The summed E-state index contributed by atoms with van der Waals surface area (Å²) >= 11 is 0. The number of nitrogens with zero attached hydrogens (tertiary/aromatic N) is 2. The lowest BCUT2D eigenvalue weighted by Gasteiger charge is -2.26. The van der Waals surface area contributed by atoms with E-state index in [0.717, 1.165) is 12.1 Å². The van der Waals surface area contributed by atoms with Crippen LogP contribution in [0.2, 0.25) is 0 Å². The van der Waals surface area contributed by atoms with Crippen molar-refractivity contribution in [2.75, 3.05) is 13.1 Å². The molecule has 1 aliphatic rings. The van der Waals surface area contributed by atoms with Crippen molar-refractivity contribution in [1.82, 2.24) is 9.47 Å². The highest BCUT2D eigenvalue weighted by Gasteiger charge is 2.15. The first-order valence-electron chi connectivity index (χ1n) is 6.74. The van der Waals surface area contributed by atoms with E-state index in [1.807, 2.05) is 17.7 Å². The molecule has 18 heavy (non-hydrogen) atoms. The standard InChI is InChI=1S/C15H20N2O/c1-16-10-12(11-17-8-3-2-4-9-17)13-6-5-7-14(18)15(13)16/h5-7,10,18H,2-4,8-9,11H2,1H3. The van der Waals surface area contributed by atoms with Gasteiger partial charge in [-0.05, 0) is 37.6 Å². The molecule has 0 amide bonds. The molecule has 2 heterocycles. The molecule has 2 aromatic rings. The van der Waals surface area contributed by atoms with Crippen molar-refractivity contribution in [2.45, 2.75) is 25.8 Å². The lowest BCUT2D eigenvalue weighted by molar-refractivity contribution is 0.221. The van der Waals surface area contributed by atoms with Gasteiger partial charge in [0.25, 0.3) is 0 Å². The highest BCUT2D eigenvalue weighted by molar-refractivity contribution is 5.88. The molecule has 96 valence electrons. The highest BCUT2D eigenvalue weighted by Crippen LogP contribution is 2.29. The van der Waals surface area contributed by atoms with Crippen molar-refractivity contribution in [2.24, 2.45) is 7.05 Å². The van der Waals surface area contributed by atoms with Crippen molar-refractivity contribution in [3.05, 3.63) is 30.0 Å². The predicted octanol–water partition coefficient (Wildman–Crippen LogP) is 2.87. The molecule has 3 rings (SSSR count). The van der Waals surface area contributed by atoms with Gasteiger partial charge in [0.15, 0.2) is 0 Å². The molecule has 0 saturated carbocycles. The number of aryl methyl sites for hydroxylation is 1. The van der Waals surface area contributed by atoms with Crippen LogP contribution < -0.4 is 0 Å². The molecule has 3 heteroatoms. The Morgan fingerprint density at radius 3 is 2.72 bits per heavy atom. The molecule has 0 bridgehead atoms. The number of piperidine rings is 1. The summed E-state index contributed by atoms with van der Waals surface area (Å²) < 4.78 is 2.03. The Kier molecular flexibility index (Phi) is 3.00. The minimum atomic E-state index is 0.375. The maximum Gasteiger partial charge on any atom is 0.139 e. The normalized spacial score (nSPS) is 17.4. The van der Waals surface area contributed by atoms with E-state index in [1.165, 1.54) is 43.3 Å². The van der Waals surface area contributed by atoms with Crippen LogP contribution in [0.4, 0.5) is 0 Å². The van der Waals surface area contributed by atoms with Crippen LogP contribution in [0.3, 0.4) is 0 Å².